The zero-order valence-corrected chi connectivity index (χ0v) is 23.8. The maximum absolute atomic E-state index is 7.39. The fourth-order valence-corrected chi connectivity index (χ4v) is 7.61. The van der Waals surface area contributed by atoms with Crippen LogP contribution < -0.4 is 4.90 Å². The molecule has 0 aliphatic heterocycles. The van der Waals surface area contributed by atoms with E-state index in [1.807, 2.05) is 6.07 Å². The van der Waals surface area contributed by atoms with Crippen molar-refractivity contribution in [3.05, 3.63) is 99.6 Å². The standard InChI is InChI=1S/C21H27N3.C9H9.ClH.Pd/c1-15(2)18-10-8-11-19(16(3)4)21(18)23-13-17-9-7-12-20(22(5)6)24(17)14-23;1-2-6-9-7-4-3-5-8-9;;/h7-13,15-16H,1-6H3;2-8H,1H2;1H;/q;;;-1/p-1. The Kier molecular flexibility index (Phi) is 8.17. The SMILES string of the molecule is CC(C)c1cccc(C(C)C)c1-n1cc2cccc(N(C)C)n2[c]1=[Pd-2]([Cl])[CH2]C=Cc1ccccc1. The average molecular weight is 581 g/mol. The Morgan fingerprint density at radius 2 is 1.49 bits per heavy atom. The molecule has 4 rings (SSSR count). The minimum absolute atomic E-state index is 0.408. The molecule has 0 saturated carbocycles. The Morgan fingerprint density at radius 3 is 2.09 bits per heavy atom. The van der Waals surface area contributed by atoms with Crippen LogP contribution >= 0.6 is 9.53 Å². The Bertz CT molecular complexity index is 1380. The van der Waals surface area contributed by atoms with E-state index >= 15 is 0 Å². The zero-order chi connectivity index (χ0) is 25.1. The van der Waals surface area contributed by atoms with Crippen molar-refractivity contribution in [2.75, 3.05) is 19.0 Å². The fraction of sp³-hybridized carbons (Fsp3) is 0.300. The first kappa shape index (κ1) is 25.7. The van der Waals surface area contributed by atoms with Crippen LogP contribution in [0, 0.1) is 3.89 Å². The summed E-state index contributed by atoms with van der Waals surface area (Å²) >= 11 is -1.63. The van der Waals surface area contributed by atoms with Gasteiger partial charge in [-0.1, -0.05) is 0 Å². The van der Waals surface area contributed by atoms with Gasteiger partial charge in [0, 0.05) is 0 Å². The normalized spacial score (nSPS) is 13.9. The van der Waals surface area contributed by atoms with Crippen molar-refractivity contribution in [2.45, 2.75) is 44.4 Å². The van der Waals surface area contributed by atoms with E-state index in [-0.39, 0.29) is 0 Å². The molecule has 190 valence electrons. The zero-order valence-electron chi connectivity index (χ0n) is 21.5. The van der Waals surface area contributed by atoms with E-state index in [2.05, 4.69) is 135 Å². The van der Waals surface area contributed by atoms with Gasteiger partial charge in [-0.05, 0) is 0 Å². The van der Waals surface area contributed by atoms with Gasteiger partial charge in [0.25, 0.3) is 0 Å². The van der Waals surface area contributed by atoms with Gasteiger partial charge in [-0.15, -0.1) is 0 Å². The van der Waals surface area contributed by atoms with Crippen LogP contribution in [0.2, 0.25) is 4.89 Å². The van der Waals surface area contributed by atoms with Crippen molar-refractivity contribution in [3.8, 4) is 5.69 Å². The number of pyridine rings is 1. The van der Waals surface area contributed by atoms with Gasteiger partial charge in [0.2, 0.25) is 0 Å². The van der Waals surface area contributed by atoms with Crippen LogP contribution in [0.3, 0.4) is 0 Å². The van der Waals surface area contributed by atoms with Crippen LogP contribution in [0.25, 0.3) is 17.3 Å². The molecule has 4 aromatic rings. The third-order valence-corrected chi connectivity index (χ3v) is 9.72. The fourth-order valence-electron chi connectivity index (χ4n) is 4.40. The second-order valence-electron chi connectivity index (χ2n) is 9.57. The number of allylic oxidation sites excluding steroid dienone is 1. The first-order chi connectivity index (χ1) is 16.8. The van der Waals surface area contributed by atoms with E-state index in [0.29, 0.717) is 11.8 Å². The number of aromatic nitrogens is 2. The molecule has 2 heterocycles. The van der Waals surface area contributed by atoms with Crippen LogP contribution in [0.15, 0.2) is 79.0 Å². The van der Waals surface area contributed by atoms with Crippen LogP contribution in [-0.2, 0) is 15.3 Å². The molecule has 0 unspecified atom stereocenters. The summed E-state index contributed by atoms with van der Waals surface area (Å²) in [6.45, 7) is 9.11. The maximum atomic E-state index is 7.39. The van der Waals surface area contributed by atoms with Crippen molar-refractivity contribution in [2.24, 2.45) is 0 Å². The van der Waals surface area contributed by atoms with E-state index in [4.69, 9.17) is 9.53 Å². The van der Waals surface area contributed by atoms with E-state index in [1.165, 1.54) is 31.8 Å². The predicted octanol–water partition coefficient (Wildman–Crippen LogP) is 8.48. The van der Waals surface area contributed by atoms with E-state index in [0.717, 1.165) is 10.7 Å². The molecule has 0 aliphatic carbocycles. The van der Waals surface area contributed by atoms with Gasteiger partial charge < -0.3 is 0 Å². The Hall–Kier alpha value is -2.38. The number of fused-ring (bicyclic) bond motifs is 1. The molecular weight excluding hydrogens is 544 g/mol. The predicted molar refractivity (Wildman–Crippen MR) is 149 cm³/mol. The number of hydrogen-bond acceptors (Lipinski definition) is 1. The number of rotatable bonds is 7. The molecule has 0 spiro atoms. The van der Waals surface area contributed by atoms with Crippen LogP contribution in [0.1, 0.15) is 56.2 Å². The van der Waals surface area contributed by atoms with Gasteiger partial charge in [-0.2, -0.15) is 0 Å². The third-order valence-electron chi connectivity index (χ3n) is 6.11. The molecule has 5 heteroatoms. The van der Waals surface area contributed by atoms with Crippen molar-refractivity contribution in [3.63, 3.8) is 0 Å². The number of halogens is 1. The molecule has 35 heavy (non-hydrogen) atoms. The van der Waals surface area contributed by atoms with Gasteiger partial charge in [0.1, 0.15) is 0 Å². The molecular formula is C30H36ClN3Pd-2. The second kappa shape index (κ2) is 11.1. The molecule has 0 fully saturated rings. The molecule has 0 N–H and O–H groups in total. The summed E-state index contributed by atoms with van der Waals surface area (Å²) in [5.41, 5.74) is 6.38. The topological polar surface area (TPSA) is 12.6 Å². The van der Waals surface area contributed by atoms with Crippen LogP contribution in [-0.4, -0.2) is 23.1 Å². The quantitative estimate of drug-likeness (QED) is 0.200. The van der Waals surface area contributed by atoms with Gasteiger partial charge >= 0.3 is 220 Å². The van der Waals surface area contributed by atoms with Gasteiger partial charge in [-0.3, -0.25) is 0 Å². The van der Waals surface area contributed by atoms with Crippen molar-refractivity contribution < 1.29 is 15.3 Å². The van der Waals surface area contributed by atoms with E-state index < -0.39 is 15.3 Å². The summed E-state index contributed by atoms with van der Waals surface area (Å²) in [6, 6.07) is 23.7. The summed E-state index contributed by atoms with van der Waals surface area (Å²) in [4.78, 5) is 3.02. The summed E-state index contributed by atoms with van der Waals surface area (Å²) in [6.07, 6.45) is 6.71. The number of nitrogens with zero attached hydrogens (tertiary/aromatic N) is 3. The Labute approximate surface area is 219 Å². The molecule has 0 radical (unpaired) electrons. The van der Waals surface area contributed by atoms with Crippen LogP contribution in [0.4, 0.5) is 5.82 Å². The monoisotopic (exact) mass is 579 g/mol. The molecule has 0 saturated heterocycles. The molecule has 0 atom stereocenters. The van der Waals surface area contributed by atoms with Gasteiger partial charge in [-0.25, -0.2) is 0 Å². The number of imidazole rings is 1. The van der Waals surface area contributed by atoms with Crippen LogP contribution in [0.5, 0.6) is 0 Å². The first-order valence-electron chi connectivity index (χ1n) is 12.1. The molecule has 0 bridgehead atoms. The summed E-state index contributed by atoms with van der Waals surface area (Å²) in [7, 11) is 11.6. The minimum atomic E-state index is -1.63. The Morgan fingerprint density at radius 1 is 0.857 bits per heavy atom. The first-order valence-corrected chi connectivity index (χ1v) is 16.0. The molecule has 2 aromatic heterocycles. The van der Waals surface area contributed by atoms with E-state index in [9.17, 15) is 0 Å². The summed E-state index contributed by atoms with van der Waals surface area (Å²) in [5.74, 6) is 1.96. The number of anilines is 1. The molecule has 0 amide bonds. The summed E-state index contributed by atoms with van der Waals surface area (Å²) < 4.78 is 5.98. The van der Waals surface area contributed by atoms with Crippen molar-refractivity contribution in [1.82, 2.24) is 8.97 Å². The number of benzene rings is 2. The van der Waals surface area contributed by atoms with Crippen molar-refractivity contribution in [1.29, 1.82) is 0 Å². The van der Waals surface area contributed by atoms with Gasteiger partial charge in [0.05, 0.1) is 0 Å². The molecule has 3 nitrogen and oxygen atoms in total. The van der Waals surface area contributed by atoms with E-state index in [1.54, 1.807) is 0 Å². The molecule has 0 aliphatic rings. The second-order valence-corrected chi connectivity index (χ2v) is 13.9. The van der Waals surface area contributed by atoms with Crippen molar-refractivity contribution >= 4 is 26.9 Å². The third kappa shape index (κ3) is 5.41. The summed E-state index contributed by atoms with van der Waals surface area (Å²) in [5, 5.41) is 0. The Balaban J connectivity index is 2.04. The number of hydrogen-bond donors (Lipinski definition) is 0. The van der Waals surface area contributed by atoms with Gasteiger partial charge in [0.15, 0.2) is 0 Å². The molecule has 2 aromatic carbocycles. The number of para-hydroxylation sites is 1. The average Bonchev–Trinajstić information content (AvgIpc) is 3.23.